The number of nitro benzene ring substituents is 1. The quantitative estimate of drug-likeness (QED) is 0.445. The van der Waals surface area contributed by atoms with Crippen molar-refractivity contribution in [1.29, 1.82) is 0 Å². The first-order valence-electron chi connectivity index (χ1n) is 3.60. The fourth-order valence-electron chi connectivity index (χ4n) is 0.817. The summed E-state index contributed by atoms with van der Waals surface area (Å²) in [4.78, 5) is 9.64. The highest BCUT2D eigenvalue weighted by atomic mass is 31.2. The van der Waals surface area contributed by atoms with E-state index in [4.69, 9.17) is 0 Å². The number of rotatable bonds is 3. The van der Waals surface area contributed by atoms with Gasteiger partial charge in [-0.3, -0.25) is 10.1 Å². The van der Waals surface area contributed by atoms with Crippen molar-refractivity contribution < 1.29 is 18.2 Å². The van der Waals surface area contributed by atoms with Crippen LogP contribution in [0.4, 0.5) is 9.88 Å². The van der Waals surface area contributed by atoms with Crippen LogP contribution in [0.25, 0.3) is 0 Å². The lowest BCUT2D eigenvalue weighted by molar-refractivity contribution is -0.384. The van der Waals surface area contributed by atoms with E-state index in [2.05, 4.69) is 4.52 Å². The monoisotopic (exact) mass is 219 g/mol. The normalized spacial score (nSPS) is 14.4. The van der Waals surface area contributed by atoms with Gasteiger partial charge in [0.1, 0.15) is 5.75 Å². The molecule has 0 fully saturated rings. The molecule has 0 aliphatic rings. The van der Waals surface area contributed by atoms with E-state index in [-0.39, 0.29) is 11.4 Å². The summed E-state index contributed by atoms with van der Waals surface area (Å²) < 4.78 is 27.5. The highest BCUT2D eigenvalue weighted by Crippen LogP contribution is 2.44. The lowest BCUT2D eigenvalue weighted by atomic mass is 10.3. The lowest BCUT2D eigenvalue weighted by Crippen LogP contribution is -1.89. The Bertz CT molecular complexity index is 385. The van der Waals surface area contributed by atoms with E-state index in [1.807, 2.05) is 0 Å². The molecular formula is C7H7FNO4P. The van der Waals surface area contributed by atoms with Gasteiger partial charge in [0.05, 0.1) is 11.6 Å². The molecule has 7 heteroatoms. The zero-order valence-electron chi connectivity index (χ0n) is 7.21. The molecule has 5 nitrogen and oxygen atoms in total. The Morgan fingerprint density at radius 2 is 1.93 bits per heavy atom. The van der Waals surface area contributed by atoms with Crippen LogP contribution in [0.1, 0.15) is 0 Å². The molecule has 0 spiro atoms. The van der Waals surface area contributed by atoms with Gasteiger partial charge in [-0.15, -0.1) is 4.20 Å². The van der Waals surface area contributed by atoms with E-state index in [1.165, 1.54) is 12.1 Å². The van der Waals surface area contributed by atoms with Crippen molar-refractivity contribution in [3.05, 3.63) is 34.4 Å². The predicted molar refractivity (Wildman–Crippen MR) is 48.4 cm³/mol. The Labute approximate surface area is 79.2 Å². The number of benzene rings is 1. The molecule has 1 rings (SSSR count). The molecule has 1 aromatic carbocycles. The molecule has 0 aliphatic carbocycles. The van der Waals surface area contributed by atoms with E-state index in [0.717, 1.165) is 18.8 Å². The zero-order valence-corrected chi connectivity index (χ0v) is 8.11. The number of nitrogens with zero attached hydrogens (tertiary/aromatic N) is 1. The summed E-state index contributed by atoms with van der Waals surface area (Å²) in [6.45, 7) is 0.814. The van der Waals surface area contributed by atoms with Crippen LogP contribution in [-0.4, -0.2) is 11.6 Å². The Morgan fingerprint density at radius 1 is 1.43 bits per heavy atom. The Hall–Kier alpha value is -1.42. The minimum Gasteiger partial charge on any atom is -0.422 e. The van der Waals surface area contributed by atoms with Gasteiger partial charge in [0.15, 0.2) is 0 Å². The van der Waals surface area contributed by atoms with Gasteiger partial charge in [-0.1, -0.05) is 0 Å². The maximum absolute atomic E-state index is 12.5. The molecule has 0 saturated heterocycles. The van der Waals surface area contributed by atoms with E-state index in [1.54, 1.807) is 0 Å². The summed E-state index contributed by atoms with van der Waals surface area (Å²) in [5.74, 6) is 0.00364. The zero-order chi connectivity index (χ0) is 10.8. The molecule has 1 aromatic rings. The molecular weight excluding hydrogens is 212 g/mol. The van der Waals surface area contributed by atoms with Crippen molar-refractivity contribution in [2.24, 2.45) is 0 Å². The molecule has 0 heterocycles. The van der Waals surface area contributed by atoms with Crippen LogP contribution in [0.3, 0.4) is 0 Å². The minimum absolute atomic E-state index is 0.00364. The third kappa shape index (κ3) is 3.14. The summed E-state index contributed by atoms with van der Waals surface area (Å²) in [6.07, 6.45) is 0. The summed E-state index contributed by atoms with van der Waals surface area (Å²) in [5.41, 5.74) is -0.137. The molecule has 1 atom stereocenters. The average Bonchev–Trinajstić information content (AvgIpc) is 2.02. The van der Waals surface area contributed by atoms with Crippen LogP contribution < -0.4 is 4.52 Å². The second-order valence-electron chi connectivity index (χ2n) is 2.59. The molecule has 0 aromatic heterocycles. The van der Waals surface area contributed by atoms with Gasteiger partial charge in [-0.05, 0) is 12.1 Å². The van der Waals surface area contributed by atoms with Crippen molar-refractivity contribution in [3.63, 3.8) is 0 Å². The van der Waals surface area contributed by atoms with Gasteiger partial charge < -0.3 is 4.52 Å². The molecule has 0 N–H and O–H groups in total. The van der Waals surface area contributed by atoms with Crippen molar-refractivity contribution in [3.8, 4) is 5.75 Å². The van der Waals surface area contributed by atoms with Crippen LogP contribution in [0.2, 0.25) is 0 Å². The topological polar surface area (TPSA) is 69.4 Å². The molecule has 0 bridgehead atoms. The molecule has 0 amide bonds. The highest BCUT2D eigenvalue weighted by molar-refractivity contribution is 7.52. The van der Waals surface area contributed by atoms with E-state index in [0.29, 0.717) is 0 Å². The van der Waals surface area contributed by atoms with Crippen molar-refractivity contribution in [1.82, 2.24) is 0 Å². The van der Waals surface area contributed by atoms with E-state index in [9.17, 15) is 18.9 Å². The smallest absolute Gasteiger partial charge is 0.412 e. The van der Waals surface area contributed by atoms with Gasteiger partial charge in [0.25, 0.3) is 5.69 Å². The van der Waals surface area contributed by atoms with Gasteiger partial charge in [-0.25, -0.2) is 4.57 Å². The van der Waals surface area contributed by atoms with Crippen molar-refractivity contribution >= 4 is 13.4 Å². The second-order valence-corrected chi connectivity index (χ2v) is 4.27. The number of halogens is 1. The number of non-ortho nitro benzene ring substituents is 1. The first-order valence-corrected chi connectivity index (χ1v) is 5.56. The summed E-state index contributed by atoms with van der Waals surface area (Å²) >= 11 is 0. The van der Waals surface area contributed by atoms with E-state index < -0.39 is 12.6 Å². The first-order chi connectivity index (χ1) is 6.38. The van der Waals surface area contributed by atoms with Crippen molar-refractivity contribution in [2.45, 2.75) is 0 Å². The second kappa shape index (κ2) is 3.75. The van der Waals surface area contributed by atoms with Crippen LogP contribution in [0, 0.1) is 10.1 Å². The molecule has 0 radical (unpaired) electrons. The number of hydrogen-bond acceptors (Lipinski definition) is 4. The molecule has 1 unspecified atom stereocenters. The van der Waals surface area contributed by atoms with Crippen LogP contribution in [0.15, 0.2) is 24.3 Å². The molecule has 0 saturated carbocycles. The standard InChI is InChI=1S/C7H7FNO4P/c1-14(8,12)13-7-4-2-6(3-5-7)9(10)11/h2-5H,1H3. The maximum Gasteiger partial charge on any atom is 0.412 e. The predicted octanol–water partition coefficient (Wildman–Crippen LogP) is 2.77. The minimum atomic E-state index is -4.10. The maximum atomic E-state index is 12.5. The van der Waals surface area contributed by atoms with Crippen LogP contribution >= 0.6 is 7.68 Å². The van der Waals surface area contributed by atoms with Gasteiger partial charge >= 0.3 is 7.68 Å². The fraction of sp³-hybridized carbons (Fsp3) is 0.143. The van der Waals surface area contributed by atoms with Gasteiger partial charge in [-0.2, -0.15) is 0 Å². The third-order valence-electron chi connectivity index (χ3n) is 1.32. The molecule has 76 valence electrons. The highest BCUT2D eigenvalue weighted by Gasteiger charge is 2.15. The summed E-state index contributed by atoms with van der Waals surface area (Å²) in [5, 5.41) is 10.2. The lowest BCUT2D eigenvalue weighted by Gasteiger charge is -2.05. The molecule has 0 aliphatic heterocycles. The Balaban J connectivity index is 2.84. The van der Waals surface area contributed by atoms with Crippen LogP contribution in [-0.2, 0) is 4.57 Å². The SMILES string of the molecule is CP(=O)(F)Oc1ccc([N+](=O)[O-])cc1. The Morgan fingerprint density at radius 3 is 2.29 bits per heavy atom. The van der Waals surface area contributed by atoms with Gasteiger partial charge in [0.2, 0.25) is 0 Å². The summed E-state index contributed by atoms with van der Waals surface area (Å²) in [7, 11) is -4.10. The Kier molecular flexibility index (Phi) is 2.86. The summed E-state index contributed by atoms with van der Waals surface area (Å²) in [6, 6.07) is 4.66. The number of nitro groups is 1. The fourth-order valence-corrected chi connectivity index (χ4v) is 1.32. The van der Waals surface area contributed by atoms with Crippen molar-refractivity contribution in [2.75, 3.05) is 6.66 Å². The van der Waals surface area contributed by atoms with E-state index >= 15 is 0 Å². The van der Waals surface area contributed by atoms with Crippen LogP contribution in [0.5, 0.6) is 5.75 Å². The molecule has 14 heavy (non-hydrogen) atoms. The number of hydrogen-bond donors (Lipinski definition) is 0. The third-order valence-corrected chi connectivity index (χ3v) is 1.85. The van der Waals surface area contributed by atoms with Gasteiger partial charge in [0, 0.05) is 12.1 Å². The first kappa shape index (κ1) is 10.7. The average molecular weight is 219 g/mol. The largest absolute Gasteiger partial charge is 0.422 e.